The Labute approximate surface area is 176 Å². The van der Waals surface area contributed by atoms with Crippen LogP contribution in [0.15, 0.2) is 42.6 Å². The molecule has 0 unspecified atom stereocenters. The molecule has 1 amide bonds. The van der Waals surface area contributed by atoms with Gasteiger partial charge in [-0.3, -0.25) is 4.79 Å². The molecule has 30 heavy (non-hydrogen) atoms. The third-order valence-corrected chi connectivity index (χ3v) is 5.73. The second-order valence-electron chi connectivity index (χ2n) is 8.15. The number of halogens is 1. The number of nitrogens with zero attached hydrogens (tertiary/aromatic N) is 2. The van der Waals surface area contributed by atoms with E-state index in [2.05, 4.69) is 27.6 Å². The largest absolute Gasteiger partial charge is 0.382 e. The lowest BCUT2D eigenvalue weighted by atomic mass is 9.96. The first kappa shape index (κ1) is 20.3. The van der Waals surface area contributed by atoms with Gasteiger partial charge in [0.05, 0.1) is 0 Å². The van der Waals surface area contributed by atoms with E-state index >= 15 is 0 Å². The van der Waals surface area contributed by atoms with Crippen molar-refractivity contribution in [3.63, 3.8) is 0 Å². The van der Waals surface area contributed by atoms with E-state index in [9.17, 15) is 9.18 Å². The predicted molar refractivity (Wildman–Crippen MR) is 120 cm³/mol. The Morgan fingerprint density at radius 3 is 2.67 bits per heavy atom. The van der Waals surface area contributed by atoms with Gasteiger partial charge in [-0.05, 0) is 75.3 Å². The highest BCUT2D eigenvalue weighted by molar-refractivity contribution is 6.00. The summed E-state index contributed by atoms with van der Waals surface area (Å²) in [4.78, 5) is 18.2. The number of carbonyl (C=O) groups excluding carboxylic acids is 1. The molecule has 2 N–H and O–H groups in total. The molecule has 1 fully saturated rings. The van der Waals surface area contributed by atoms with E-state index in [0.29, 0.717) is 17.4 Å². The minimum atomic E-state index is -0.234. The van der Waals surface area contributed by atoms with E-state index in [1.165, 1.54) is 13.0 Å². The summed E-state index contributed by atoms with van der Waals surface area (Å²) in [7, 11) is 2.14. The molecule has 1 aromatic heterocycles. The van der Waals surface area contributed by atoms with Crippen molar-refractivity contribution in [2.75, 3.05) is 30.8 Å². The van der Waals surface area contributed by atoms with Gasteiger partial charge in [0.15, 0.2) is 0 Å². The van der Waals surface area contributed by atoms with Gasteiger partial charge in [0.1, 0.15) is 11.6 Å². The fourth-order valence-corrected chi connectivity index (χ4v) is 4.14. The van der Waals surface area contributed by atoms with Gasteiger partial charge >= 0.3 is 0 Å². The molecule has 2 aromatic carbocycles. The van der Waals surface area contributed by atoms with Crippen molar-refractivity contribution in [1.82, 2.24) is 9.88 Å². The SMILES string of the molecule is CC(=O)Nc1cc2c(NC3CCN(C)CC3)cc(-c3c(C)cccc3F)cc2cn1. The van der Waals surface area contributed by atoms with Gasteiger partial charge in [0.25, 0.3) is 0 Å². The highest BCUT2D eigenvalue weighted by atomic mass is 19.1. The van der Waals surface area contributed by atoms with Crippen LogP contribution in [0.5, 0.6) is 0 Å². The molecule has 3 aromatic rings. The predicted octanol–water partition coefficient (Wildman–Crippen LogP) is 4.81. The summed E-state index contributed by atoms with van der Waals surface area (Å²) >= 11 is 0. The zero-order chi connectivity index (χ0) is 21.3. The maximum atomic E-state index is 14.7. The summed E-state index contributed by atoms with van der Waals surface area (Å²) in [5.74, 6) is 0.115. The lowest BCUT2D eigenvalue weighted by Gasteiger charge is -2.30. The molecule has 1 aliphatic heterocycles. The Morgan fingerprint density at radius 2 is 1.97 bits per heavy atom. The summed E-state index contributed by atoms with van der Waals surface area (Å²) in [6.07, 6.45) is 3.83. The maximum absolute atomic E-state index is 14.7. The average molecular weight is 407 g/mol. The van der Waals surface area contributed by atoms with Gasteiger partial charge in [-0.25, -0.2) is 9.37 Å². The van der Waals surface area contributed by atoms with Crippen LogP contribution in [0.3, 0.4) is 0 Å². The van der Waals surface area contributed by atoms with Crippen LogP contribution in [-0.4, -0.2) is 42.0 Å². The van der Waals surface area contributed by atoms with E-state index in [0.717, 1.165) is 53.5 Å². The molecule has 1 aliphatic rings. The summed E-state index contributed by atoms with van der Waals surface area (Å²) in [6.45, 7) is 5.47. The number of rotatable bonds is 4. The second-order valence-corrected chi connectivity index (χ2v) is 8.15. The van der Waals surface area contributed by atoms with Gasteiger partial charge in [-0.2, -0.15) is 0 Å². The van der Waals surface area contributed by atoms with Crippen molar-refractivity contribution in [3.05, 3.63) is 54.0 Å². The molecule has 156 valence electrons. The van der Waals surface area contributed by atoms with Crippen molar-refractivity contribution in [2.45, 2.75) is 32.7 Å². The number of fused-ring (bicyclic) bond motifs is 1. The van der Waals surface area contributed by atoms with Crippen LogP contribution in [0.4, 0.5) is 15.9 Å². The number of aryl methyl sites for hydroxylation is 1. The first-order valence-corrected chi connectivity index (χ1v) is 10.3. The van der Waals surface area contributed by atoms with Crippen LogP contribution in [0, 0.1) is 12.7 Å². The Balaban J connectivity index is 1.82. The highest BCUT2D eigenvalue weighted by Crippen LogP contribution is 2.35. The molecule has 0 spiro atoms. The Hall–Kier alpha value is -2.99. The van der Waals surface area contributed by atoms with Crippen molar-refractivity contribution in [3.8, 4) is 11.1 Å². The standard InChI is InChI=1S/C24H27FN4O/c1-15-5-4-6-21(25)24(15)17-11-18-14-26-23(27-16(2)30)13-20(18)22(12-17)28-19-7-9-29(3)10-8-19/h4-6,11-14,19,28H,7-10H2,1-3H3,(H,26,27,30). The number of benzene rings is 2. The number of hydrogen-bond acceptors (Lipinski definition) is 4. The quantitative estimate of drug-likeness (QED) is 0.653. The summed E-state index contributed by atoms with van der Waals surface area (Å²) in [5.41, 5.74) is 3.26. The lowest BCUT2D eigenvalue weighted by Crippen LogP contribution is -2.36. The zero-order valence-corrected chi connectivity index (χ0v) is 17.6. The van der Waals surface area contributed by atoms with E-state index < -0.39 is 0 Å². The highest BCUT2D eigenvalue weighted by Gasteiger charge is 2.19. The van der Waals surface area contributed by atoms with Crippen LogP contribution < -0.4 is 10.6 Å². The minimum absolute atomic E-state index is 0.162. The average Bonchev–Trinajstić information content (AvgIpc) is 2.69. The molecule has 0 atom stereocenters. The molecule has 0 aliphatic carbocycles. The number of piperidine rings is 1. The maximum Gasteiger partial charge on any atom is 0.222 e. The van der Waals surface area contributed by atoms with Gasteiger partial charge in [0, 0.05) is 41.2 Å². The van der Waals surface area contributed by atoms with Crippen LogP contribution in [0.2, 0.25) is 0 Å². The van der Waals surface area contributed by atoms with Crippen molar-refractivity contribution < 1.29 is 9.18 Å². The molecule has 4 rings (SSSR count). The van der Waals surface area contributed by atoms with Crippen LogP contribution >= 0.6 is 0 Å². The molecule has 2 heterocycles. The van der Waals surface area contributed by atoms with Crippen LogP contribution in [0.25, 0.3) is 21.9 Å². The first-order chi connectivity index (χ1) is 14.4. The number of pyridine rings is 1. The molecule has 0 bridgehead atoms. The zero-order valence-electron chi connectivity index (χ0n) is 17.6. The third kappa shape index (κ3) is 4.28. The smallest absolute Gasteiger partial charge is 0.222 e. The van der Waals surface area contributed by atoms with E-state index in [1.54, 1.807) is 12.3 Å². The molecule has 6 heteroatoms. The fourth-order valence-electron chi connectivity index (χ4n) is 4.14. The topological polar surface area (TPSA) is 57.3 Å². The number of likely N-dealkylation sites (tertiary alicyclic amines) is 1. The van der Waals surface area contributed by atoms with Crippen LogP contribution in [-0.2, 0) is 4.79 Å². The fraction of sp³-hybridized carbons (Fsp3) is 0.333. The Morgan fingerprint density at radius 1 is 1.20 bits per heavy atom. The number of amides is 1. The lowest BCUT2D eigenvalue weighted by molar-refractivity contribution is -0.114. The molecular weight excluding hydrogens is 379 g/mol. The first-order valence-electron chi connectivity index (χ1n) is 10.3. The van der Waals surface area contributed by atoms with Gasteiger partial charge in [-0.1, -0.05) is 12.1 Å². The van der Waals surface area contributed by atoms with E-state index in [1.807, 2.05) is 31.2 Å². The number of aromatic nitrogens is 1. The summed E-state index contributed by atoms with van der Waals surface area (Å²) < 4.78 is 14.7. The molecule has 0 saturated carbocycles. The van der Waals surface area contributed by atoms with Crippen LogP contribution in [0.1, 0.15) is 25.3 Å². The monoisotopic (exact) mass is 406 g/mol. The minimum Gasteiger partial charge on any atom is -0.382 e. The van der Waals surface area contributed by atoms with Crippen molar-refractivity contribution in [1.29, 1.82) is 0 Å². The second kappa shape index (κ2) is 8.40. The third-order valence-electron chi connectivity index (χ3n) is 5.73. The Bertz CT molecular complexity index is 1070. The molecular formula is C24H27FN4O. The number of anilines is 2. The summed E-state index contributed by atoms with van der Waals surface area (Å²) in [6, 6.07) is 11.4. The van der Waals surface area contributed by atoms with Gasteiger partial charge in [0.2, 0.25) is 5.91 Å². The number of nitrogens with one attached hydrogen (secondary N) is 2. The van der Waals surface area contributed by atoms with Crippen molar-refractivity contribution >= 4 is 28.2 Å². The van der Waals surface area contributed by atoms with Crippen molar-refractivity contribution in [2.24, 2.45) is 0 Å². The molecule has 5 nitrogen and oxygen atoms in total. The Kier molecular flexibility index (Phi) is 5.68. The number of hydrogen-bond donors (Lipinski definition) is 2. The van der Waals surface area contributed by atoms with Gasteiger partial charge in [-0.15, -0.1) is 0 Å². The normalized spacial score (nSPS) is 15.3. The van der Waals surface area contributed by atoms with E-state index in [-0.39, 0.29) is 11.7 Å². The molecule has 1 saturated heterocycles. The molecule has 0 radical (unpaired) electrons. The van der Waals surface area contributed by atoms with E-state index in [4.69, 9.17) is 0 Å². The number of carbonyl (C=O) groups is 1. The van der Waals surface area contributed by atoms with Gasteiger partial charge < -0.3 is 15.5 Å². The summed E-state index contributed by atoms with van der Waals surface area (Å²) in [5, 5.41) is 8.30.